The van der Waals surface area contributed by atoms with Crippen molar-refractivity contribution in [2.24, 2.45) is 0 Å². The van der Waals surface area contributed by atoms with Gasteiger partial charge in [-0.15, -0.1) is 0 Å². The molecule has 2 aromatic heterocycles. The van der Waals surface area contributed by atoms with E-state index >= 15 is 0 Å². The van der Waals surface area contributed by atoms with Crippen molar-refractivity contribution in [2.75, 3.05) is 5.32 Å². The van der Waals surface area contributed by atoms with Crippen LogP contribution in [0.5, 0.6) is 0 Å². The molecule has 3 rings (SSSR count). The normalized spacial score (nSPS) is 10.7. The van der Waals surface area contributed by atoms with Gasteiger partial charge in [0.05, 0.1) is 17.1 Å². The molecule has 22 heavy (non-hydrogen) atoms. The van der Waals surface area contributed by atoms with Gasteiger partial charge in [-0.3, -0.25) is 4.79 Å². The lowest BCUT2D eigenvalue weighted by Crippen LogP contribution is -2.15. The van der Waals surface area contributed by atoms with E-state index in [9.17, 15) is 9.18 Å². The molecule has 0 aliphatic carbocycles. The van der Waals surface area contributed by atoms with Gasteiger partial charge in [0.25, 0.3) is 5.91 Å². The van der Waals surface area contributed by atoms with Crippen LogP contribution in [0.15, 0.2) is 47.2 Å². The monoisotopic (exact) mass is 299 g/mol. The lowest BCUT2D eigenvalue weighted by molar-refractivity contribution is 0.102. The van der Waals surface area contributed by atoms with Crippen molar-refractivity contribution in [3.8, 4) is 5.69 Å². The molecule has 2 heterocycles. The lowest BCUT2D eigenvalue weighted by Gasteiger charge is -2.12. The summed E-state index contributed by atoms with van der Waals surface area (Å²) in [6.45, 7) is 3.37. The van der Waals surface area contributed by atoms with Gasteiger partial charge < -0.3 is 14.4 Å². The summed E-state index contributed by atoms with van der Waals surface area (Å²) in [5.41, 5.74) is 1.95. The first-order chi connectivity index (χ1) is 10.6. The fourth-order valence-electron chi connectivity index (χ4n) is 2.31. The zero-order valence-corrected chi connectivity index (χ0v) is 12.1. The molecule has 0 unspecified atom stereocenters. The van der Waals surface area contributed by atoms with Gasteiger partial charge in [0, 0.05) is 12.4 Å². The van der Waals surface area contributed by atoms with Gasteiger partial charge in [0.1, 0.15) is 17.1 Å². The van der Waals surface area contributed by atoms with Crippen LogP contribution in [-0.2, 0) is 0 Å². The number of hydrogen-bond acceptors (Lipinski definition) is 3. The van der Waals surface area contributed by atoms with Crippen LogP contribution in [0.4, 0.5) is 10.1 Å². The first-order valence-electron chi connectivity index (χ1n) is 6.73. The van der Waals surface area contributed by atoms with Crippen LogP contribution >= 0.6 is 0 Å². The van der Waals surface area contributed by atoms with Crippen LogP contribution in [0.25, 0.3) is 5.69 Å². The molecule has 1 aromatic carbocycles. The first-order valence-corrected chi connectivity index (χ1v) is 6.73. The second-order valence-corrected chi connectivity index (χ2v) is 4.91. The molecule has 1 amide bonds. The van der Waals surface area contributed by atoms with Crippen LogP contribution in [0.3, 0.4) is 0 Å². The topological polar surface area (TPSA) is 60.1 Å². The van der Waals surface area contributed by atoms with E-state index in [1.54, 1.807) is 30.8 Å². The number of amides is 1. The van der Waals surface area contributed by atoms with E-state index in [0.717, 1.165) is 0 Å². The summed E-state index contributed by atoms with van der Waals surface area (Å²) in [6, 6.07) is 7.84. The molecule has 0 spiro atoms. The SMILES string of the molecule is Cc1noc(C)c1C(=O)Nc1ccc(F)cc1-n1cccc1. The average Bonchev–Trinajstić information content (AvgIpc) is 3.11. The van der Waals surface area contributed by atoms with E-state index in [2.05, 4.69) is 10.5 Å². The summed E-state index contributed by atoms with van der Waals surface area (Å²) in [4.78, 5) is 12.4. The number of carbonyl (C=O) groups is 1. The van der Waals surface area contributed by atoms with Gasteiger partial charge in [-0.25, -0.2) is 4.39 Å². The van der Waals surface area contributed by atoms with Gasteiger partial charge in [0.15, 0.2) is 0 Å². The standard InChI is InChI=1S/C16H14FN3O2/c1-10-15(11(2)22-19-10)16(21)18-13-6-5-12(17)9-14(13)20-7-3-4-8-20/h3-9H,1-2H3,(H,18,21). The number of rotatable bonds is 3. The first kappa shape index (κ1) is 14.1. The van der Waals surface area contributed by atoms with E-state index in [1.807, 2.05) is 12.1 Å². The number of carbonyl (C=O) groups excluding carboxylic acids is 1. The molecule has 0 aliphatic rings. The average molecular weight is 299 g/mol. The zero-order chi connectivity index (χ0) is 15.7. The van der Waals surface area contributed by atoms with Crippen LogP contribution in [0, 0.1) is 19.7 Å². The Labute approximate surface area is 126 Å². The molecule has 0 bridgehead atoms. The number of aryl methyl sites for hydroxylation is 2. The largest absolute Gasteiger partial charge is 0.361 e. The van der Waals surface area contributed by atoms with Crippen molar-refractivity contribution in [2.45, 2.75) is 13.8 Å². The lowest BCUT2D eigenvalue weighted by atomic mass is 10.2. The second kappa shape index (κ2) is 5.48. The molecule has 6 heteroatoms. The zero-order valence-electron chi connectivity index (χ0n) is 12.1. The Kier molecular flexibility index (Phi) is 3.50. The summed E-state index contributed by atoms with van der Waals surface area (Å²) >= 11 is 0. The molecule has 112 valence electrons. The molecule has 1 N–H and O–H groups in total. The minimum Gasteiger partial charge on any atom is -0.361 e. The maximum atomic E-state index is 13.5. The highest BCUT2D eigenvalue weighted by Crippen LogP contribution is 2.23. The second-order valence-electron chi connectivity index (χ2n) is 4.91. The molecule has 0 saturated carbocycles. The molecule has 0 aliphatic heterocycles. The fourth-order valence-corrected chi connectivity index (χ4v) is 2.31. The van der Waals surface area contributed by atoms with Gasteiger partial charge in [-0.05, 0) is 44.2 Å². The van der Waals surface area contributed by atoms with E-state index < -0.39 is 0 Å². The van der Waals surface area contributed by atoms with E-state index in [1.165, 1.54) is 18.2 Å². The number of nitrogens with zero attached hydrogens (tertiary/aromatic N) is 2. The van der Waals surface area contributed by atoms with E-state index in [0.29, 0.717) is 28.4 Å². The number of hydrogen-bond donors (Lipinski definition) is 1. The molecule has 0 radical (unpaired) electrons. The Hall–Kier alpha value is -2.89. The summed E-state index contributed by atoms with van der Waals surface area (Å²) in [6.07, 6.45) is 3.56. The predicted octanol–water partition coefficient (Wildman–Crippen LogP) is 3.47. The third kappa shape index (κ3) is 2.50. The van der Waals surface area contributed by atoms with Crippen molar-refractivity contribution < 1.29 is 13.7 Å². The van der Waals surface area contributed by atoms with Crippen LogP contribution < -0.4 is 5.32 Å². The molecule has 0 saturated heterocycles. The van der Waals surface area contributed by atoms with Crippen molar-refractivity contribution >= 4 is 11.6 Å². The Morgan fingerprint density at radius 1 is 1.27 bits per heavy atom. The molecular formula is C16H14FN3O2. The predicted molar refractivity (Wildman–Crippen MR) is 79.7 cm³/mol. The number of aromatic nitrogens is 2. The highest BCUT2D eigenvalue weighted by atomic mass is 19.1. The minimum atomic E-state index is -0.376. The van der Waals surface area contributed by atoms with Gasteiger partial charge in [-0.2, -0.15) is 0 Å². The van der Waals surface area contributed by atoms with Crippen molar-refractivity contribution in [1.82, 2.24) is 9.72 Å². The van der Waals surface area contributed by atoms with E-state index in [4.69, 9.17) is 4.52 Å². The number of anilines is 1. The Balaban J connectivity index is 1.98. The van der Waals surface area contributed by atoms with Crippen molar-refractivity contribution in [1.29, 1.82) is 0 Å². The van der Waals surface area contributed by atoms with Crippen LogP contribution in [0.1, 0.15) is 21.8 Å². The number of halogens is 1. The van der Waals surface area contributed by atoms with Gasteiger partial charge >= 0.3 is 0 Å². The maximum Gasteiger partial charge on any atom is 0.261 e. The van der Waals surface area contributed by atoms with Crippen LogP contribution in [0.2, 0.25) is 0 Å². The highest BCUT2D eigenvalue weighted by Gasteiger charge is 2.19. The molecular weight excluding hydrogens is 285 g/mol. The smallest absolute Gasteiger partial charge is 0.261 e. The van der Waals surface area contributed by atoms with Crippen molar-refractivity contribution in [3.05, 3.63) is 65.6 Å². The highest BCUT2D eigenvalue weighted by molar-refractivity contribution is 6.06. The third-order valence-corrected chi connectivity index (χ3v) is 3.35. The number of benzene rings is 1. The Bertz CT molecular complexity index is 803. The summed E-state index contributed by atoms with van der Waals surface area (Å²) in [7, 11) is 0. The van der Waals surface area contributed by atoms with E-state index in [-0.39, 0.29) is 11.7 Å². The summed E-state index contributed by atoms with van der Waals surface area (Å²) in [5, 5.41) is 6.55. The Morgan fingerprint density at radius 3 is 2.64 bits per heavy atom. The van der Waals surface area contributed by atoms with Gasteiger partial charge in [0.2, 0.25) is 0 Å². The molecule has 0 atom stereocenters. The molecule has 0 fully saturated rings. The summed E-state index contributed by atoms with van der Waals surface area (Å²) in [5.74, 6) is -0.269. The van der Waals surface area contributed by atoms with Crippen molar-refractivity contribution in [3.63, 3.8) is 0 Å². The third-order valence-electron chi connectivity index (χ3n) is 3.35. The Morgan fingerprint density at radius 2 is 2.00 bits per heavy atom. The molecule has 3 aromatic rings. The maximum absolute atomic E-state index is 13.5. The molecule has 5 nitrogen and oxygen atoms in total. The van der Waals surface area contributed by atoms with Crippen LogP contribution in [-0.4, -0.2) is 15.6 Å². The number of nitrogens with one attached hydrogen (secondary N) is 1. The van der Waals surface area contributed by atoms with Gasteiger partial charge in [-0.1, -0.05) is 5.16 Å². The fraction of sp³-hybridized carbons (Fsp3) is 0.125. The quantitative estimate of drug-likeness (QED) is 0.805. The summed E-state index contributed by atoms with van der Waals surface area (Å²) < 4.78 is 20.3. The minimum absolute atomic E-state index is 0.337.